The molecule has 0 amide bonds. The monoisotopic (exact) mass is 358 g/mol. The molecule has 1 aliphatic heterocycles. The maximum absolute atomic E-state index is 12.4. The molecule has 1 aliphatic rings. The number of hydrogen-bond acceptors (Lipinski definition) is 3. The van der Waals surface area contributed by atoms with E-state index < -0.39 is 12.0 Å². The van der Waals surface area contributed by atoms with Crippen molar-refractivity contribution >= 4 is 46.5 Å². The SMILES string of the molecule is CC1=C(C(=O)OC(C)C)C(c2c(Cl)cccc2Cl)NC(=S)N1. The highest BCUT2D eigenvalue weighted by Crippen LogP contribution is 2.36. The van der Waals surface area contributed by atoms with Gasteiger partial charge in [0.25, 0.3) is 0 Å². The van der Waals surface area contributed by atoms with Crippen molar-refractivity contribution in [3.8, 4) is 0 Å². The summed E-state index contributed by atoms with van der Waals surface area (Å²) in [5.41, 5.74) is 1.64. The second-order valence-electron chi connectivity index (χ2n) is 5.16. The smallest absolute Gasteiger partial charge is 0.338 e. The molecule has 0 fully saturated rings. The molecule has 2 N–H and O–H groups in total. The van der Waals surface area contributed by atoms with Crippen LogP contribution in [0.3, 0.4) is 0 Å². The van der Waals surface area contributed by atoms with E-state index in [2.05, 4.69) is 10.6 Å². The predicted octanol–water partition coefficient (Wildman–Crippen LogP) is 3.74. The Bertz CT molecular complexity index is 639. The molecule has 7 heteroatoms. The van der Waals surface area contributed by atoms with Crippen LogP contribution in [0.2, 0.25) is 10.0 Å². The number of hydrogen-bond donors (Lipinski definition) is 2. The van der Waals surface area contributed by atoms with E-state index in [-0.39, 0.29) is 6.10 Å². The van der Waals surface area contributed by atoms with Crippen molar-refractivity contribution in [2.45, 2.75) is 32.9 Å². The lowest BCUT2D eigenvalue weighted by Gasteiger charge is -2.31. The largest absolute Gasteiger partial charge is 0.459 e. The number of rotatable bonds is 3. The molecule has 4 nitrogen and oxygen atoms in total. The van der Waals surface area contributed by atoms with E-state index >= 15 is 0 Å². The minimum Gasteiger partial charge on any atom is -0.459 e. The van der Waals surface area contributed by atoms with E-state index in [9.17, 15) is 4.79 Å². The van der Waals surface area contributed by atoms with Crippen molar-refractivity contribution in [3.63, 3.8) is 0 Å². The highest BCUT2D eigenvalue weighted by atomic mass is 35.5. The van der Waals surface area contributed by atoms with Gasteiger partial charge in [0.1, 0.15) is 0 Å². The summed E-state index contributed by atoms with van der Waals surface area (Å²) in [5, 5.41) is 7.29. The summed E-state index contributed by atoms with van der Waals surface area (Å²) in [7, 11) is 0. The van der Waals surface area contributed by atoms with Crippen LogP contribution >= 0.6 is 35.4 Å². The average Bonchev–Trinajstić information content (AvgIpc) is 2.36. The zero-order valence-electron chi connectivity index (χ0n) is 12.4. The van der Waals surface area contributed by atoms with Crippen LogP contribution in [0.15, 0.2) is 29.5 Å². The minimum absolute atomic E-state index is 0.232. The molecule has 0 spiro atoms. The van der Waals surface area contributed by atoms with Crippen molar-refractivity contribution in [2.24, 2.45) is 0 Å². The number of nitrogens with one attached hydrogen (secondary N) is 2. The summed E-state index contributed by atoms with van der Waals surface area (Å²) in [6, 6.07) is 4.63. The summed E-state index contributed by atoms with van der Waals surface area (Å²) < 4.78 is 5.32. The van der Waals surface area contributed by atoms with Crippen LogP contribution in [0.5, 0.6) is 0 Å². The normalized spacial score (nSPS) is 18.1. The Hall–Kier alpha value is -1.30. The second kappa shape index (κ2) is 6.86. The summed E-state index contributed by atoms with van der Waals surface area (Å²) in [6.45, 7) is 5.35. The van der Waals surface area contributed by atoms with Gasteiger partial charge in [-0.15, -0.1) is 0 Å². The molecular weight excluding hydrogens is 343 g/mol. The number of esters is 1. The Morgan fingerprint density at radius 2 is 1.91 bits per heavy atom. The Morgan fingerprint density at radius 1 is 1.32 bits per heavy atom. The molecule has 1 unspecified atom stereocenters. The lowest BCUT2D eigenvalue weighted by atomic mass is 9.95. The van der Waals surface area contributed by atoms with E-state index in [0.29, 0.717) is 32.0 Å². The molecule has 1 aromatic carbocycles. The molecular formula is C15H16Cl2N2O2S. The molecule has 2 rings (SSSR count). The average molecular weight is 359 g/mol. The lowest BCUT2D eigenvalue weighted by Crippen LogP contribution is -2.45. The fourth-order valence-electron chi connectivity index (χ4n) is 2.24. The second-order valence-corrected chi connectivity index (χ2v) is 6.38. The molecule has 22 heavy (non-hydrogen) atoms. The van der Waals surface area contributed by atoms with Crippen molar-refractivity contribution in [3.05, 3.63) is 45.1 Å². The summed E-state index contributed by atoms with van der Waals surface area (Å²) in [5.74, 6) is -0.434. The minimum atomic E-state index is -0.554. The van der Waals surface area contributed by atoms with Gasteiger partial charge in [0.05, 0.1) is 17.7 Å². The molecule has 1 heterocycles. The number of benzene rings is 1. The van der Waals surface area contributed by atoms with Crippen LogP contribution in [0.1, 0.15) is 32.4 Å². The van der Waals surface area contributed by atoms with Gasteiger partial charge < -0.3 is 15.4 Å². The Morgan fingerprint density at radius 3 is 2.45 bits per heavy atom. The first-order chi connectivity index (χ1) is 10.3. The first-order valence-electron chi connectivity index (χ1n) is 6.74. The van der Waals surface area contributed by atoms with Gasteiger partial charge in [0, 0.05) is 21.3 Å². The predicted molar refractivity (Wildman–Crippen MR) is 92.0 cm³/mol. The fourth-order valence-corrected chi connectivity index (χ4v) is 3.13. The highest BCUT2D eigenvalue weighted by Gasteiger charge is 2.33. The van der Waals surface area contributed by atoms with E-state index in [1.807, 2.05) is 0 Å². The van der Waals surface area contributed by atoms with Gasteiger partial charge >= 0.3 is 5.97 Å². The number of halogens is 2. The van der Waals surface area contributed by atoms with Crippen LogP contribution < -0.4 is 10.6 Å². The third kappa shape index (κ3) is 3.54. The molecule has 0 radical (unpaired) electrons. The molecule has 0 aliphatic carbocycles. The fraction of sp³-hybridized carbons (Fsp3) is 0.333. The number of carbonyl (C=O) groups is 1. The zero-order chi connectivity index (χ0) is 16.4. The van der Waals surface area contributed by atoms with Crippen LogP contribution in [-0.2, 0) is 9.53 Å². The van der Waals surface area contributed by atoms with Crippen molar-refractivity contribution < 1.29 is 9.53 Å². The van der Waals surface area contributed by atoms with Gasteiger partial charge in [-0.2, -0.15) is 0 Å². The van der Waals surface area contributed by atoms with Gasteiger partial charge in [-0.05, 0) is 45.1 Å². The number of carbonyl (C=O) groups excluding carboxylic acids is 1. The number of allylic oxidation sites excluding steroid dienone is 1. The van der Waals surface area contributed by atoms with Crippen LogP contribution in [0, 0.1) is 0 Å². The van der Waals surface area contributed by atoms with Crippen molar-refractivity contribution in [1.29, 1.82) is 0 Å². The van der Waals surface area contributed by atoms with E-state index in [0.717, 1.165) is 0 Å². The van der Waals surface area contributed by atoms with E-state index in [1.54, 1.807) is 39.0 Å². The topological polar surface area (TPSA) is 50.4 Å². The molecule has 0 saturated heterocycles. The van der Waals surface area contributed by atoms with Gasteiger partial charge in [-0.1, -0.05) is 29.3 Å². The zero-order valence-corrected chi connectivity index (χ0v) is 14.7. The van der Waals surface area contributed by atoms with Crippen LogP contribution in [0.25, 0.3) is 0 Å². The van der Waals surface area contributed by atoms with Gasteiger partial charge in [0.2, 0.25) is 0 Å². The third-order valence-corrected chi connectivity index (χ3v) is 4.00. The summed E-state index contributed by atoms with van der Waals surface area (Å²) >= 11 is 17.7. The lowest BCUT2D eigenvalue weighted by molar-refractivity contribution is -0.143. The first kappa shape index (κ1) is 17.1. The summed E-state index contributed by atoms with van der Waals surface area (Å²) in [4.78, 5) is 12.4. The summed E-state index contributed by atoms with van der Waals surface area (Å²) in [6.07, 6.45) is -0.232. The third-order valence-electron chi connectivity index (χ3n) is 3.12. The van der Waals surface area contributed by atoms with Gasteiger partial charge in [-0.25, -0.2) is 4.79 Å². The molecule has 0 bridgehead atoms. The van der Waals surface area contributed by atoms with E-state index in [4.69, 9.17) is 40.2 Å². The number of thiocarbonyl (C=S) groups is 1. The van der Waals surface area contributed by atoms with Gasteiger partial charge in [0.15, 0.2) is 5.11 Å². The molecule has 1 aromatic rings. The quantitative estimate of drug-likeness (QED) is 0.636. The van der Waals surface area contributed by atoms with Gasteiger partial charge in [-0.3, -0.25) is 0 Å². The molecule has 0 aromatic heterocycles. The Kier molecular flexibility index (Phi) is 5.32. The molecule has 1 atom stereocenters. The highest BCUT2D eigenvalue weighted by molar-refractivity contribution is 7.80. The molecule has 0 saturated carbocycles. The van der Waals surface area contributed by atoms with Crippen LogP contribution in [-0.4, -0.2) is 17.2 Å². The Labute approximate surface area is 144 Å². The molecule has 118 valence electrons. The maximum atomic E-state index is 12.4. The maximum Gasteiger partial charge on any atom is 0.338 e. The standard InChI is InChI=1S/C15H16Cl2N2O2S/c1-7(2)21-14(20)11-8(3)18-15(22)19-13(11)12-9(16)5-4-6-10(12)17/h4-7,13H,1-3H3,(H2,18,19,22). The first-order valence-corrected chi connectivity index (χ1v) is 7.90. The van der Waals surface area contributed by atoms with Crippen molar-refractivity contribution in [1.82, 2.24) is 10.6 Å². The van der Waals surface area contributed by atoms with Crippen LogP contribution in [0.4, 0.5) is 0 Å². The Balaban J connectivity index is 2.53. The van der Waals surface area contributed by atoms with Crippen molar-refractivity contribution in [2.75, 3.05) is 0 Å². The number of ether oxygens (including phenoxy) is 1. The van der Waals surface area contributed by atoms with E-state index in [1.165, 1.54) is 0 Å².